The van der Waals surface area contributed by atoms with Gasteiger partial charge in [0.15, 0.2) is 0 Å². The van der Waals surface area contributed by atoms with Crippen LogP contribution in [0.3, 0.4) is 0 Å². The molecule has 0 saturated carbocycles. The SMILES string of the molecule is CCCN(CCC)CCCCN(C)Cc1ccc(CN(Cc2nccn2CC(=O)OCC)C(CC(=O)OCC)c2ncc[nH]2)cc1. The largest absolute Gasteiger partial charge is 0.466 e. The molecule has 1 aromatic carbocycles. The second kappa shape index (κ2) is 20.6. The van der Waals surface area contributed by atoms with Crippen molar-refractivity contribution in [2.24, 2.45) is 0 Å². The summed E-state index contributed by atoms with van der Waals surface area (Å²) >= 11 is 0. The van der Waals surface area contributed by atoms with Crippen molar-refractivity contribution >= 4 is 11.9 Å². The number of hydrogen-bond acceptors (Lipinski definition) is 9. The van der Waals surface area contributed by atoms with Crippen molar-refractivity contribution in [2.45, 2.75) is 92.0 Å². The van der Waals surface area contributed by atoms with Gasteiger partial charge in [-0.2, -0.15) is 0 Å². The van der Waals surface area contributed by atoms with Crippen LogP contribution in [0.15, 0.2) is 49.1 Å². The number of imidazole rings is 2. The van der Waals surface area contributed by atoms with Crippen LogP contribution in [0.2, 0.25) is 0 Å². The van der Waals surface area contributed by atoms with Crippen LogP contribution < -0.4 is 0 Å². The molecule has 0 fully saturated rings. The highest BCUT2D eigenvalue weighted by atomic mass is 16.5. The molecule has 0 spiro atoms. The van der Waals surface area contributed by atoms with Crippen molar-refractivity contribution in [3.8, 4) is 0 Å². The maximum absolute atomic E-state index is 12.7. The highest BCUT2D eigenvalue weighted by molar-refractivity contribution is 5.70. The van der Waals surface area contributed by atoms with E-state index in [1.54, 1.807) is 43.2 Å². The van der Waals surface area contributed by atoms with Gasteiger partial charge in [-0.15, -0.1) is 0 Å². The number of benzene rings is 1. The summed E-state index contributed by atoms with van der Waals surface area (Å²) in [6, 6.07) is 8.28. The number of ether oxygens (including phenoxy) is 2. The van der Waals surface area contributed by atoms with Crippen molar-refractivity contribution in [3.05, 3.63) is 71.8 Å². The summed E-state index contributed by atoms with van der Waals surface area (Å²) in [5.41, 5.74) is 2.36. The summed E-state index contributed by atoms with van der Waals surface area (Å²) in [7, 11) is 2.19. The zero-order valence-electron chi connectivity index (χ0n) is 28.6. The maximum Gasteiger partial charge on any atom is 0.325 e. The first-order chi connectivity index (χ1) is 22.4. The molecule has 3 rings (SSSR count). The van der Waals surface area contributed by atoms with Crippen LogP contribution in [0.5, 0.6) is 0 Å². The molecule has 1 atom stereocenters. The van der Waals surface area contributed by atoms with E-state index in [9.17, 15) is 9.59 Å². The topological polar surface area (TPSA) is 109 Å². The van der Waals surface area contributed by atoms with Gasteiger partial charge in [0.25, 0.3) is 0 Å². The van der Waals surface area contributed by atoms with Crippen LogP contribution in [0, 0.1) is 0 Å². The van der Waals surface area contributed by atoms with Crippen molar-refractivity contribution < 1.29 is 19.1 Å². The Morgan fingerprint density at radius 2 is 1.48 bits per heavy atom. The summed E-state index contributed by atoms with van der Waals surface area (Å²) in [4.78, 5) is 44.4. The standard InChI is InChI=1S/C35H55N7O4/c1-6-19-40(20-7-2)22-11-10-21-39(5)25-29-12-14-30(15-13-29)26-42(27-32-36-18-23-41(32)28-34(44)46-9-4)31(24-33(43)45-8-3)35-37-16-17-38-35/h12-18,23,31H,6-11,19-22,24-28H2,1-5H3,(H,37,38). The van der Waals surface area contributed by atoms with Crippen LogP contribution in [-0.4, -0.2) is 92.6 Å². The van der Waals surface area contributed by atoms with Crippen LogP contribution in [0.1, 0.15) is 88.6 Å². The molecule has 0 saturated heterocycles. The summed E-state index contributed by atoms with van der Waals surface area (Å²) in [5, 5.41) is 0. The number of nitrogens with zero attached hydrogens (tertiary/aromatic N) is 6. The molecule has 0 aliphatic heterocycles. The van der Waals surface area contributed by atoms with Gasteiger partial charge in [-0.1, -0.05) is 38.1 Å². The Morgan fingerprint density at radius 1 is 0.826 bits per heavy atom. The van der Waals surface area contributed by atoms with E-state index < -0.39 is 6.04 Å². The Kier molecular flexibility index (Phi) is 16.5. The van der Waals surface area contributed by atoms with E-state index in [0.717, 1.165) is 18.7 Å². The van der Waals surface area contributed by atoms with Crippen LogP contribution in [0.4, 0.5) is 0 Å². The number of nitrogens with one attached hydrogen (secondary N) is 1. The van der Waals surface area contributed by atoms with E-state index in [0.29, 0.717) is 38.0 Å². The van der Waals surface area contributed by atoms with Crippen LogP contribution in [0.25, 0.3) is 0 Å². The number of H-pyrrole nitrogens is 1. The number of esters is 2. The lowest BCUT2D eigenvalue weighted by Crippen LogP contribution is -2.32. The quantitative estimate of drug-likeness (QED) is 0.111. The minimum absolute atomic E-state index is 0.0677. The van der Waals surface area contributed by atoms with Gasteiger partial charge in [0, 0.05) is 37.9 Å². The third-order valence-corrected chi connectivity index (χ3v) is 7.90. The first-order valence-corrected chi connectivity index (χ1v) is 16.9. The lowest BCUT2D eigenvalue weighted by atomic mass is 10.1. The van der Waals surface area contributed by atoms with E-state index in [2.05, 4.69) is 74.8 Å². The molecule has 0 amide bonds. The maximum atomic E-state index is 12.7. The first kappa shape index (κ1) is 36.9. The average molecular weight is 638 g/mol. The number of aromatic amines is 1. The molecule has 0 bridgehead atoms. The predicted molar refractivity (Wildman–Crippen MR) is 180 cm³/mol. The zero-order valence-corrected chi connectivity index (χ0v) is 28.6. The summed E-state index contributed by atoms with van der Waals surface area (Å²) < 4.78 is 12.3. The van der Waals surface area contributed by atoms with Gasteiger partial charge in [-0.05, 0) is 83.9 Å². The number of carbonyl (C=O) groups excluding carboxylic acids is 2. The molecule has 254 valence electrons. The van der Waals surface area contributed by atoms with E-state index >= 15 is 0 Å². The van der Waals surface area contributed by atoms with Gasteiger partial charge in [0.2, 0.25) is 0 Å². The van der Waals surface area contributed by atoms with E-state index in [-0.39, 0.29) is 24.9 Å². The molecule has 3 aromatic rings. The second-order valence-electron chi connectivity index (χ2n) is 11.8. The Morgan fingerprint density at radius 3 is 2.11 bits per heavy atom. The fourth-order valence-corrected chi connectivity index (χ4v) is 5.74. The molecule has 0 aliphatic rings. The molecule has 2 heterocycles. The van der Waals surface area contributed by atoms with Gasteiger partial charge >= 0.3 is 11.9 Å². The smallest absolute Gasteiger partial charge is 0.325 e. The molecule has 0 radical (unpaired) electrons. The Balaban J connectivity index is 1.70. The predicted octanol–water partition coefficient (Wildman–Crippen LogP) is 5.20. The Hall–Kier alpha value is -3.54. The number of aromatic nitrogens is 4. The van der Waals surface area contributed by atoms with Gasteiger partial charge < -0.3 is 28.8 Å². The lowest BCUT2D eigenvalue weighted by Gasteiger charge is -2.30. The van der Waals surface area contributed by atoms with Gasteiger partial charge in [-0.3, -0.25) is 14.5 Å². The highest BCUT2D eigenvalue weighted by Crippen LogP contribution is 2.27. The third-order valence-electron chi connectivity index (χ3n) is 7.90. The minimum atomic E-state index is -0.391. The molecule has 1 N–H and O–H groups in total. The summed E-state index contributed by atoms with van der Waals surface area (Å²) in [5.74, 6) is 0.741. The van der Waals surface area contributed by atoms with E-state index in [4.69, 9.17) is 9.47 Å². The number of hydrogen-bond donors (Lipinski definition) is 1. The third kappa shape index (κ3) is 12.7. The van der Waals surface area contributed by atoms with Crippen molar-refractivity contribution in [1.29, 1.82) is 0 Å². The van der Waals surface area contributed by atoms with Gasteiger partial charge in [-0.25, -0.2) is 9.97 Å². The van der Waals surface area contributed by atoms with Gasteiger partial charge in [0.1, 0.15) is 18.2 Å². The zero-order chi connectivity index (χ0) is 33.1. The summed E-state index contributed by atoms with van der Waals surface area (Å²) in [6.07, 6.45) is 11.8. The fourth-order valence-electron chi connectivity index (χ4n) is 5.74. The van der Waals surface area contributed by atoms with E-state index in [1.807, 2.05) is 0 Å². The molecule has 1 unspecified atom stereocenters. The molecule has 11 nitrogen and oxygen atoms in total. The van der Waals surface area contributed by atoms with Crippen molar-refractivity contribution in [2.75, 3.05) is 46.4 Å². The van der Waals surface area contributed by atoms with Crippen molar-refractivity contribution in [3.63, 3.8) is 0 Å². The monoisotopic (exact) mass is 637 g/mol. The van der Waals surface area contributed by atoms with Crippen molar-refractivity contribution in [1.82, 2.24) is 34.2 Å². The fraction of sp³-hybridized carbons (Fsp3) is 0.600. The van der Waals surface area contributed by atoms with E-state index in [1.165, 1.54) is 50.9 Å². The normalized spacial score (nSPS) is 12.3. The molecule has 0 aliphatic carbocycles. The lowest BCUT2D eigenvalue weighted by molar-refractivity contribution is -0.145. The number of carbonyl (C=O) groups is 2. The first-order valence-electron chi connectivity index (χ1n) is 16.9. The molecular formula is C35H55N7O4. The average Bonchev–Trinajstić information content (AvgIpc) is 3.72. The molecule has 46 heavy (non-hydrogen) atoms. The number of unbranched alkanes of at least 4 members (excludes halogenated alkanes) is 1. The second-order valence-corrected chi connectivity index (χ2v) is 11.8. The molecular weight excluding hydrogens is 582 g/mol. The summed E-state index contributed by atoms with van der Waals surface area (Å²) in [6.45, 7) is 15.2. The van der Waals surface area contributed by atoms with Crippen LogP contribution in [-0.2, 0) is 45.2 Å². The highest BCUT2D eigenvalue weighted by Gasteiger charge is 2.28. The Bertz CT molecular complexity index is 1260. The minimum Gasteiger partial charge on any atom is -0.466 e. The Labute approximate surface area is 275 Å². The number of rotatable bonds is 23. The molecule has 2 aromatic heterocycles. The molecule has 11 heteroatoms. The van der Waals surface area contributed by atoms with Gasteiger partial charge in [0.05, 0.1) is 32.2 Å². The van der Waals surface area contributed by atoms with Crippen LogP contribution >= 0.6 is 0 Å².